The number of hydrogen-bond acceptors (Lipinski definition) is 3. The second kappa shape index (κ2) is 4.32. The zero-order valence-corrected chi connectivity index (χ0v) is 8.92. The first-order valence-electron chi connectivity index (χ1n) is 4.49. The van der Waals surface area contributed by atoms with Crippen LogP contribution in [0.2, 0.25) is 0 Å². The molecule has 0 saturated carbocycles. The molecule has 0 aliphatic carbocycles. The van der Waals surface area contributed by atoms with E-state index in [1.807, 2.05) is 0 Å². The number of phenols is 1. The highest BCUT2D eigenvalue weighted by Gasteiger charge is 2.07. The van der Waals surface area contributed by atoms with Crippen molar-refractivity contribution in [3.63, 3.8) is 0 Å². The van der Waals surface area contributed by atoms with Crippen molar-refractivity contribution in [2.75, 3.05) is 5.32 Å². The van der Waals surface area contributed by atoms with Gasteiger partial charge in [0.1, 0.15) is 0 Å². The molecule has 1 amide bonds. The molecule has 0 atom stereocenters. The summed E-state index contributed by atoms with van der Waals surface area (Å²) in [5, 5.41) is 15.0. The molecule has 1 aromatic carbocycles. The number of aromatic hydroxyl groups is 1. The molecule has 0 bridgehead atoms. The number of phenolic OH excluding ortho intramolecular Hbond substituents is 1. The minimum Gasteiger partial charge on any atom is -0.505 e. The van der Waals surface area contributed by atoms with Gasteiger partial charge in [-0.3, -0.25) is 4.79 Å². The molecule has 0 fully saturated rings. The highest BCUT2D eigenvalue weighted by Crippen LogP contribution is 2.20. The lowest BCUT2D eigenvalue weighted by atomic mass is 10.2. The summed E-state index contributed by atoms with van der Waals surface area (Å²) in [5.74, 6) is -1.50. The molecule has 1 aromatic heterocycles. The standard InChI is InChI=1S/C11H8FNO2S/c12-9-5-8(1-2-10(9)14)13-11(15)7-3-4-16-6-7/h1-6,14H,(H,13,15). The molecular formula is C11H8FNO2S. The van der Waals surface area contributed by atoms with Gasteiger partial charge in [-0.15, -0.1) is 0 Å². The largest absolute Gasteiger partial charge is 0.505 e. The second-order valence-corrected chi connectivity index (χ2v) is 3.91. The SMILES string of the molecule is O=C(Nc1ccc(O)c(F)c1)c1ccsc1. The quantitative estimate of drug-likeness (QED) is 0.789. The fourth-order valence-corrected chi connectivity index (χ4v) is 1.82. The maximum Gasteiger partial charge on any atom is 0.256 e. The summed E-state index contributed by atoms with van der Waals surface area (Å²) in [6, 6.07) is 5.37. The van der Waals surface area contributed by atoms with E-state index in [1.165, 1.54) is 23.5 Å². The van der Waals surface area contributed by atoms with Gasteiger partial charge in [0.2, 0.25) is 0 Å². The molecule has 5 heteroatoms. The number of amides is 1. The molecule has 1 heterocycles. The van der Waals surface area contributed by atoms with Crippen molar-refractivity contribution in [2.45, 2.75) is 0 Å². The van der Waals surface area contributed by atoms with Crippen molar-refractivity contribution in [3.05, 3.63) is 46.4 Å². The van der Waals surface area contributed by atoms with E-state index in [2.05, 4.69) is 5.32 Å². The maximum absolute atomic E-state index is 13.0. The van der Waals surface area contributed by atoms with Crippen LogP contribution in [0.5, 0.6) is 5.75 Å². The van der Waals surface area contributed by atoms with Crippen LogP contribution < -0.4 is 5.32 Å². The van der Waals surface area contributed by atoms with Gasteiger partial charge in [-0.25, -0.2) is 4.39 Å². The predicted octanol–water partition coefficient (Wildman–Crippen LogP) is 2.85. The number of halogens is 1. The van der Waals surface area contributed by atoms with Crippen molar-refractivity contribution in [2.24, 2.45) is 0 Å². The van der Waals surface area contributed by atoms with Gasteiger partial charge in [0.15, 0.2) is 11.6 Å². The minimum absolute atomic E-state index is 0.300. The fourth-order valence-electron chi connectivity index (χ4n) is 1.18. The summed E-state index contributed by atoms with van der Waals surface area (Å²) in [6.07, 6.45) is 0. The zero-order chi connectivity index (χ0) is 11.5. The Morgan fingerprint density at radius 3 is 2.81 bits per heavy atom. The van der Waals surface area contributed by atoms with Gasteiger partial charge in [0.05, 0.1) is 5.56 Å². The normalized spacial score (nSPS) is 10.1. The maximum atomic E-state index is 13.0. The van der Waals surface area contributed by atoms with E-state index in [4.69, 9.17) is 5.11 Å². The van der Waals surface area contributed by atoms with Gasteiger partial charge >= 0.3 is 0 Å². The summed E-state index contributed by atoms with van der Waals surface area (Å²) in [5.41, 5.74) is 0.838. The average Bonchev–Trinajstić information content (AvgIpc) is 2.77. The van der Waals surface area contributed by atoms with Crippen LogP contribution in [-0.4, -0.2) is 11.0 Å². The van der Waals surface area contributed by atoms with Crippen molar-refractivity contribution in [1.82, 2.24) is 0 Å². The van der Waals surface area contributed by atoms with Crippen LogP contribution in [0.3, 0.4) is 0 Å². The average molecular weight is 237 g/mol. The lowest BCUT2D eigenvalue weighted by Crippen LogP contribution is -2.10. The topological polar surface area (TPSA) is 49.3 Å². The van der Waals surface area contributed by atoms with E-state index in [0.717, 1.165) is 6.07 Å². The summed E-state index contributed by atoms with van der Waals surface area (Å²) in [4.78, 5) is 11.6. The Hall–Kier alpha value is -1.88. The Morgan fingerprint density at radius 1 is 1.38 bits per heavy atom. The van der Waals surface area contributed by atoms with E-state index in [9.17, 15) is 9.18 Å². The van der Waals surface area contributed by atoms with Gasteiger partial charge in [-0.2, -0.15) is 11.3 Å². The Balaban J connectivity index is 2.15. The number of benzene rings is 1. The van der Waals surface area contributed by atoms with Crippen molar-refractivity contribution >= 4 is 22.9 Å². The molecule has 82 valence electrons. The predicted molar refractivity (Wildman–Crippen MR) is 60.3 cm³/mol. The van der Waals surface area contributed by atoms with Gasteiger partial charge in [-0.1, -0.05) is 0 Å². The third-order valence-electron chi connectivity index (χ3n) is 1.99. The summed E-state index contributed by atoms with van der Waals surface area (Å²) in [6.45, 7) is 0. The highest BCUT2D eigenvalue weighted by atomic mass is 32.1. The molecule has 0 aliphatic rings. The number of hydrogen-bond donors (Lipinski definition) is 2. The molecule has 2 aromatic rings. The van der Waals surface area contributed by atoms with Crippen LogP contribution in [0.1, 0.15) is 10.4 Å². The minimum atomic E-state index is -0.761. The van der Waals surface area contributed by atoms with Crippen molar-refractivity contribution < 1.29 is 14.3 Å². The first kappa shape index (κ1) is 10.6. The number of carbonyl (C=O) groups excluding carboxylic acids is 1. The van der Waals surface area contributed by atoms with Gasteiger partial charge in [-0.05, 0) is 23.6 Å². The van der Waals surface area contributed by atoms with Crippen LogP contribution >= 0.6 is 11.3 Å². The summed E-state index contributed by atoms with van der Waals surface area (Å²) < 4.78 is 13.0. The fraction of sp³-hybridized carbons (Fsp3) is 0. The zero-order valence-electron chi connectivity index (χ0n) is 8.11. The number of anilines is 1. The van der Waals surface area contributed by atoms with Crippen LogP contribution in [-0.2, 0) is 0 Å². The monoisotopic (exact) mass is 237 g/mol. The van der Waals surface area contributed by atoms with E-state index in [1.54, 1.807) is 16.8 Å². The molecule has 0 unspecified atom stereocenters. The Morgan fingerprint density at radius 2 is 2.19 bits per heavy atom. The highest BCUT2D eigenvalue weighted by molar-refractivity contribution is 7.08. The molecule has 2 N–H and O–H groups in total. The van der Waals surface area contributed by atoms with Gasteiger partial charge < -0.3 is 10.4 Å². The number of thiophene rings is 1. The first-order chi connectivity index (χ1) is 7.66. The molecule has 2 rings (SSSR count). The Bertz CT molecular complexity index is 511. The Kier molecular flexibility index (Phi) is 2.87. The molecule has 3 nitrogen and oxygen atoms in total. The van der Waals surface area contributed by atoms with Gasteiger partial charge in [0.25, 0.3) is 5.91 Å². The summed E-state index contributed by atoms with van der Waals surface area (Å²) >= 11 is 1.41. The lowest BCUT2D eigenvalue weighted by Gasteiger charge is -2.04. The second-order valence-electron chi connectivity index (χ2n) is 3.13. The molecule has 0 saturated heterocycles. The van der Waals surface area contributed by atoms with Gasteiger partial charge in [0, 0.05) is 17.1 Å². The molecule has 0 spiro atoms. The molecule has 0 radical (unpaired) electrons. The van der Waals surface area contributed by atoms with E-state index >= 15 is 0 Å². The van der Waals surface area contributed by atoms with Crippen LogP contribution in [0.25, 0.3) is 0 Å². The third kappa shape index (κ3) is 2.20. The van der Waals surface area contributed by atoms with E-state index in [-0.39, 0.29) is 5.91 Å². The summed E-state index contributed by atoms with van der Waals surface area (Å²) in [7, 11) is 0. The van der Waals surface area contributed by atoms with Crippen LogP contribution in [0.15, 0.2) is 35.0 Å². The Labute approximate surface area is 95.2 Å². The van der Waals surface area contributed by atoms with Crippen LogP contribution in [0.4, 0.5) is 10.1 Å². The molecule has 16 heavy (non-hydrogen) atoms. The number of rotatable bonds is 2. The van der Waals surface area contributed by atoms with Crippen molar-refractivity contribution in [3.8, 4) is 5.75 Å². The first-order valence-corrected chi connectivity index (χ1v) is 5.43. The molecule has 0 aliphatic heterocycles. The van der Waals surface area contributed by atoms with E-state index in [0.29, 0.717) is 11.3 Å². The number of nitrogens with one attached hydrogen (secondary N) is 1. The third-order valence-corrected chi connectivity index (χ3v) is 2.67. The smallest absolute Gasteiger partial charge is 0.256 e. The number of carbonyl (C=O) groups is 1. The van der Waals surface area contributed by atoms with Crippen LogP contribution in [0, 0.1) is 5.82 Å². The molecular weight excluding hydrogens is 229 g/mol. The van der Waals surface area contributed by atoms with Crippen molar-refractivity contribution in [1.29, 1.82) is 0 Å². The lowest BCUT2D eigenvalue weighted by molar-refractivity contribution is 0.102. The van der Waals surface area contributed by atoms with E-state index < -0.39 is 11.6 Å².